The highest BCUT2D eigenvalue weighted by atomic mass is 35.5. The molecular formula is C16H21ClN4O2. The van der Waals surface area contributed by atoms with Gasteiger partial charge in [-0.25, -0.2) is 4.79 Å². The first-order valence-electron chi connectivity index (χ1n) is 7.81. The van der Waals surface area contributed by atoms with Crippen LogP contribution in [-0.2, 0) is 4.74 Å². The highest BCUT2D eigenvalue weighted by Crippen LogP contribution is 2.27. The lowest BCUT2D eigenvalue weighted by atomic mass is 10.1. The lowest BCUT2D eigenvalue weighted by Gasteiger charge is -2.34. The van der Waals surface area contributed by atoms with E-state index in [1.807, 2.05) is 33.0 Å². The first kappa shape index (κ1) is 16.1. The van der Waals surface area contributed by atoms with Crippen LogP contribution in [0.2, 0.25) is 5.15 Å². The van der Waals surface area contributed by atoms with E-state index in [1.54, 1.807) is 11.0 Å². The lowest BCUT2D eigenvalue weighted by Crippen LogP contribution is -2.43. The summed E-state index contributed by atoms with van der Waals surface area (Å²) in [6, 6.07) is 3.95. The third-order valence-corrected chi connectivity index (χ3v) is 4.06. The van der Waals surface area contributed by atoms with Gasteiger partial charge < -0.3 is 14.2 Å². The third-order valence-electron chi connectivity index (χ3n) is 3.87. The molecule has 0 aliphatic carbocycles. The Morgan fingerprint density at radius 3 is 2.91 bits per heavy atom. The van der Waals surface area contributed by atoms with Gasteiger partial charge in [0.15, 0.2) is 10.8 Å². The Morgan fingerprint density at radius 2 is 2.17 bits per heavy atom. The molecule has 0 aromatic carbocycles. The van der Waals surface area contributed by atoms with Gasteiger partial charge in [-0.1, -0.05) is 11.6 Å². The topological polar surface area (TPSA) is 60.2 Å². The number of carbonyl (C=O) groups is 1. The molecule has 0 unspecified atom stereocenters. The van der Waals surface area contributed by atoms with E-state index in [0.717, 1.165) is 30.4 Å². The predicted molar refractivity (Wildman–Crippen MR) is 88.6 cm³/mol. The number of carbonyl (C=O) groups excluding carboxylic acids is 1. The van der Waals surface area contributed by atoms with Crippen molar-refractivity contribution in [1.82, 2.24) is 19.7 Å². The zero-order chi connectivity index (χ0) is 16.6. The zero-order valence-electron chi connectivity index (χ0n) is 13.6. The monoisotopic (exact) mass is 336 g/mol. The summed E-state index contributed by atoms with van der Waals surface area (Å²) in [5.74, 6) is 0. The number of aromatic nitrogens is 3. The van der Waals surface area contributed by atoms with Crippen LogP contribution in [0.15, 0.2) is 18.3 Å². The van der Waals surface area contributed by atoms with Crippen LogP contribution in [-0.4, -0.2) is 44.4 Å². The Kier molecular flexibility index (Phi) is 4.19. The highest BCUT2D eigenvalue weighted by molar-refractivity contribution is 6.29. The Morgan fingerprint density at radius 1 is 1.39 bits per heavy atom. The quantitative estimate of drug-likeness (QED) is 0.797. The van der Waals surface area contributed by atoms with Crippen LogP contribution < -0.4 is 0 Å². The molecule has 1 amide bonds. The fourth-order valence-electron chi connectivity index (χ4n) is 2.90. The first-order chi connectivity index (χ1) is 10.8. The van der Waals surface area contributed by atoms with Crippen molar-refractivity contribution in [3.8, 4) is 0 Å². The van der Waals surface area contributed by atoms with Gasteiger partial charge in [-0.15, -0.1) is 10.2 Å². The van der Waals surface area contributed by atoms with E-state index >= 15 is 0 Å². The summed E-state index contributed by atoms with van der Waals surface area (Å²) in [5, 5.41) is 9.46. The molecule has 2 aromatic rings. The zero-order valence-corrected chi connectivity index (χ0v) is 14.4. The molecule has 124 valence electrons. The largest absolute Gasteiger partial charge is 0.444 e. The van der Waals surface area contributed by atoms with Gasteiger partial charge in [-0.3, -0.25) is 0 Å². The molecule has 0 radical (unpaired) electrons. The van der Waals surface area contributed by atoms with Crippen molar-refractivity contribution in [3.05, 3.63) is 23.5 Å². The Balaban J connectivity index is 1.79. The second kappa shape index (κ2) is 6.00. The smallest absolute Gasteiger partial charge is 0.410 e. The number of halogens is 1. The molecule has 0 saturated carbocycles. The van der Waals surface area contributed by atoms with Gasteiger partial charge in [0.25, 0.3) is 0 Å². The van der Waals surface area contributed by atoms with Crippen LogP contribution in [0.5, 0.6) is 0 Å². The molecule has 6 nitrogen and oxygen atoms in total. The number of likely N-dealkylation sites (tertiary alicyclic amines) is 1. The van der Waals surface area contributed by atoms with Crippen LogP contribution in [0.3, 0.4) is 0 Å². The van der Waals surface area contributed by atoms with E-state index in [0.29, 0.717) is 11.7 Å². The van der Waals surface area contributed by atoms with E-state index < -0.39 is 5.60 Å². The summed E-state index contributed by atoms with van der Waals surface area (Å²) in [7, 11) is 0. The summed E-state index contributed by atoms with van der Waals surface area (Å²) < 4.78 is 7.56. The third kappa shape index (κ3) is 3.58. The van der Waals surface area contributed by atoms with Gasteiger partial charge in [0.2, 0.25) is 0 Å². The fourth-order valence-corrected chi connectivity index (χ4v) is 3.05. The molecule has 0 spiro atoms. The molecule has 3 heterocycles. The van der Waals surface area contributed by atoms with Crippen LogP contribution in [0.1, 0.15) is 39.7 Å². The van der Waals surface area contributed by atoms with E-state index in [2.05, 4.69) is 14.8 Å². The number of amides is 1. The number of ether oxygens (including phenoxy) is 1. The molecule has 0 N–H and O–H groups in total. The predicted octanol–water partition coefficient (Wildman–Crippen LogP) is 3.66. The second-order valence-corrected chi connectivity index (χ2v) is 7.28. The fraction of sp³-hybridized carbons (Fsp3) is 0.562. The summed E-state index contributed by atoms with van der Waals surface area (Å²) in [6.07, 6.45) is 3.66. The molecule has 1 fully saturated rings. The summed E-state index contributed by atoms with van der Waals surface area (Å²) in [6.45, 7) is 6.98. The van der Waals surface area contributed by atoms with Crippen LogP contribution in [0.4, 0.5) is 4.79 Å². The molecule has 0 bridgehead atoms. The van der Waals surface area contributed by atoms with Crippen LogP contribution in [0.25, 0.3) is 11.0 Å². The maximum atomic E-state index is 12.3. The van der Waals surface area contributed by atoms with Gasteiger partial charge in [-0.05, 0) is 45.7 Å². The Bertz CT molecular complexity index is 722. The maximum absolute atomic E-state index is 12.3. The lowest BCUT2D eigenvalue weighted by molar-refractivity contribution is 0.0174. The van der Waals surface area contributed by atoms with E-state index in [4.69, 9.17) is 16.3 Å². The minimum absolute atomic E-state index is 0.171. The van der Waals surface area contributed by atoms with Gasteiger partial charge in [0.05, 0.1) is 6.04 Å². The number of piperidine rings is 1. The average Bonchev–Trinajstić information content (AvgIpc) is 2.88. The minimum atomic E-state index is -0.480. The van der Waals surface area contributed by atoms with Crippen molar-refractivity contribution in [2.75, 3.05) is 13.1 Å². The first-order valence-corrected chi connectivity index (χ1v) is 8.19. The number of hydrogen-bond donors (Lipinski definition) is 0. The molecular weight excluding hydrogens is 316 g/mol. The second-order valence-electron chi connectivity index (χ2n) is 6.89. The van der Waals surface area contributed by atoms with Gasteiger partial charge in [0.1, 0.15) is 5.60 Å². The van der Waals surface area contributed by atoms with Crippen molar-refractivity contribution in [1.29, 1.82) is 0 Å². The summed E-state index contributed by atoms with van der Waals surface area (Å²) in [5.41, 5.74) is 0.317. The maximum Gasteiger partial charge on any atom is 0.410 e. The van der Waals surface area contributed by atoms with Crippen molar-refractivity contribution in [2.45, 2.75) is 45.3 Å². The molecule has 7 heteroatoms. The standard InChI is InChI=1S/C16H21ClN4O2/c1-16(2,3)23-15(22)20-7-4-5-12(10-20)21-8-6-11-9-13(17)18-19-14(11)21/h6,8-9,12H,4-5,7,10H2,1-3H3/t12-/m1/s1. The normalized spacial score (nSPS) is 19.1. The van der Waals surface area contributed by atoms with Gasteiger partial charge in [-0.2, -0.15) is 0 Å². The van der Waals surface area contributed by atoms with Crippen LogP contribution in [0, 0.1) is 0 Å². The number of fused-ring (bicyclic) bond motifs is 1. The molecule has 1 aliphatic rings. The SMILES string of the molecule is CC(C)(C)OC(=O)N1CCC[C@@H](n2ccc3cc(Cl)nnc32)C1. The Hall–Kier alpha value is -1.82. The summed E-state index contributed by atoms with van der Waals surface area (Å²) in [4.78, 5) is 14.1. The number of nitrogens with zero attached hydrogens (tertiary/aromatic N) is 4. The van der Waals surface area contributed by atoms with Crippen molar-refractivity contribution < 1.29 is 9.53 Å². The van der Waals surface area contributed by atoms with Crippen molar-refractivity contribution >= 4 is 28.7 Å². The molecule has 2 aromatic heterocycles. The van der Waals surface area contributed by atoms with Crippen molar-refractivity contribution in [2.24, 2.45) is 0 Å². The summed E-state index contributed by atoms with van der Waals surface area (Å²) >= 11 is 5.89. The Labute approximate surface area is 140 Å². The van der Waals surface area contributed by atoms with Crippen molar-refractivity contribution in [3.63, 3.8) is 0 Å². The van der Waals surface area contributed by atoms with Gasteiger partial charge in [0, 0.05) is 24.7 Å². The minimum Gasteiger partial charge on any atom is -0.444 e. The van der Waals surface area contributed by atoms with Gasteiger partial charge >= 0.3 is 6.09 Å². The molecule has 1 aliphatic heterocycles. The number of rotatable bonds is 1. The molecule has 23 heavy (non-hydrogen) atoms. The van der Waals surface area contributed by atoms with E-state index in [9.17, 15) is 4.79 Å². The molecule has 1 atom stereocenters. The molecule has 3 rings (SSSR count). The van der Waals surface area contributed by atoms with E-state index in [1.165, 1.54) is 0 Å². The number of hydrogen-bond acceptors (Lipinski definition) is 4. The van der Waals surface area contributed by atoms with E-state index in [-0.39, 0.29) is 12.1 Å². The molecule has 1 saturated heterocycles. The van der Waals surface area contributed by atoms with Crippen LogP contribution >= 0.6 is 11.6 Å². The average molecular weight is 337 g/mol. The highest BCUT2D eigenvalue weighted by Gasteiger charge is 2.29.